The van der Waals surface area contributed by atoms with Crippen LogP contribution in [0.2, 0.25) is 0 Å². The predicted molar refractivity (Wildman–Crippen MR) is 133 cm³/mol. The summed E-state index contributed by atoms with van der Waals surface area (Å²) in [5, 5.41) is 0.813. The number of aromatic nitrogens is 1. The molecule has 0 saturated carbocycles. The summed E-state index contributed by atoms with van der Waals surface area (Å²) in [5.74, 6) is 0.556. The molecule has 0 N–H and O–H groups in total. The summed E-state index contributed by atoms with van der Waals surface area (Å²) in [5.41, 5.74) is 5.04. The van der Waals surface area contributed by atoms with Crippen molar-refractivity contribution in [2.75, 3.05) is 38.2 Å². The van der Waals surface area contributed by atoms with Crippen LogP contribution >= 0.6 is 0 Å². The topological polar surface area (TPSA) is 45.7 Å². The summed E-state index contributed by atoms with van der Waals surface area (Å²) in [6.07, 6.45) is 0. The Morgan fingerprint density at radius 2 is 1.68 bits per heavy atom. The highest BCUT2D eigenvalue weighted by Crippen LogP contribution is 2.31. The molecular formula is C28H26FN3O2. The lowest BCUT2D eigenvalue weighted by molar-refractivity contribution is 0.0748. The fourth-order valence-electron chi connectivity index (χ4n) is 4.56. The first-order valence-electron chi connectivity index (χ1n) is 11.4. The van der Waals surface area contributed by atoms with E-state index in [-0.39, 0.29) is 11.7 Å². The summed E-state index contributed by atoms with van der Waals surface area (Å²) in [6.45, 7) is 4.68. The van der Waals surface area contributed by atoms with E-state index in [0.717, 1.165) is 52.3 Å². The van der Waals surface area contributed by atoms with Gasteiger partial charge < -0.3 is 14.5 Å². The van der Waals surface area contributed by atoms with Crippen molar-refractivity contribution >= 4 is 22.5 Å². The van der Waals surface area contributed by atoms with Crippen LogP contribution < -0.4 is 9.64 Å². The van der Waals surface area contributed by atoms with Gasteiger partial charge in [0.1, 0.15) is 11.6 Å². The standard InChI is InChI=1S/C28H26FN3O2/c1-19-17-26(25-8-4-7-24(27(25)30-19)20-9-11-21(29)12-10-20)28(33)32-15-13-31(14-16-32)22-5-3-6-23(18-22)34-2/h3-12,17-18H,13-16H2,1-2H3. The summed E-state index contributed by atoms with van der Waals surface area (Å²) >= 11 is 0. The van der Waals surface area contributed by atoms with Crippen molar-refractivity contribution in [3.8, 4) is 16.9 Å². The van der Waals surface area contributed by atoms with Crippen LogP contribution in [0.25, 0.3) is 22.0 Å². The van der Waals surface area contributed by atoms with Crippen molar-refractivity contribution in [3.63, 3.8) is 0 Å². The van der Waals surface area contributed by atoms with Crippen LogP contribution in [-0.2, 0) is 0 Å². The monoisotopic (exact) mass is 455 g/mol. The maximum atomic E-state index is 13.6. The molecule has 4 aromatic rings. The van der Waals surface area contributed by atoms with Gasteiger partial charge in [-0.15, -0.1) is 0 Å². The number of pyridine rings is 1. The van der Waals surface area contributed by atoms with E-state index in [1.54, 1.807) is 19.2 Å². The largest absolute Gasteiger partial charge is 0.497 e. The Balaban J connectivity index is 1.42. The molecule has 1 aliphatic rings. The molecule has 0 aliphatic carbocycles. The number of hydrogen-bond acceptors (Lipinski definition) is 4. The number of carbonyl (C=O) groups is 1. The molecule has 6 heteroatoms. The number of methoxy groups -OCH3 is 1. The van der Waals surface area contributed by atoms with Gasteiger partial charge in [0, 0.05) is 54.6 Å². The first kappa shape index (κ1) is 21.9. The number of aryl methyl sites for hydroxylation is 1. The Labute approximate surface area is 198 Å². The minimum absolute atomic E-state index is 0.0112. The first-order chi connectivity index (χ1) is 16.5. The lowest BCUT2D eigenvalue weighted by Gasteiger charge is -2.36. The summed E-state index contributed by atoms with van der Waals surface area (Å²) in [6, 6.07) is 22.1. The zero-order valence-corrected chi connectivity index (χ0v) is 19.3. The van der Waals surface area contributed by atoms with E-state index in [4.69, 9.17) is 9.72 Å². The number of halogens is 1. The van der Waals surface area contributed by atoms with E-state index in [0.29, 0.717) is 18.7 Å². The minimum Gasteiger partial charge on any atom is -0.497 e. The van der Waals surface area contributed by atoms with Crippen LogP contribution in [0.4, 0.5) is 10.1 Å². The van der Waals surface area contributed by atoms with E-state index in [1.807, 2.05) is 54.3 Å². The van der Waals surface area contributed by atoms with Gasteiger partial charge in [0.2, 0.25) is 0 Å². The molecule has 0 radical (unpaired) electrons. The van der Waals surface area contributed by atoms with Gasteiger partial charge in [-0.3, -0.25) is 9.78 Å². The highest BCUT2D eigenvalue weighted by molar-refractivity contribution is 6.09. The van der Waals surface area contributed by atoms with E-state index >= 15 is 0 Å². The van der Waals surface area contributed by atoms with Gasteiger partial charge in [0.25, 0.3) is 5.91 Å². The van der Waals surface area contributed by atoms with E-state index < -0.39 is 0 Å². The highest BCUT2D eigenvalue weighted by Gasteiger charge is 2.25. The molecule has 5 nitrogen and oxygen atoms in total. The fourth-order valence-corrected chi connectivity index (χ4v) is 4.56. The van der Waals surface area contributed by atoms with E-state index in [2.05, 4.69) is 11.0 Å². The van der Waals surface area contributed by atoms with Gasteiger partial charge in [-0.25, -0.2) is 4.39 Å². The van der Waals surface area contributed by atoms with Gasteiger partial charge in [-0.1, -0.05) is 36.4 Å². The lowest BCUT2D eigenvalue weighted by atomic mass is 9.98. The van der Waals surface area contributed by atoms with Crippen molar-refractivity contribution in [1.29, 1.82) is 0 Å². The summed E-state index contributed by atoms with van der Waals surface area (Å²) in [4.78, 5) is 22.5. The molecule has 0 spiro atoms. The summed E-state index contributed by atoms with van der Waals surface area (Å²) in [7, 11) is 1.66. The number of amides is 1. The average molecular weight is 456 g/mol. The zero-order chi connectivity index (χ0) is 23.7. The Morgan fingerprint density at radius 3 is 2.41 bits per heavy atom. The molecule has 1 amide bonds. The van der Waals surface area contributed by atoms with Crippen LogP contribution in [0.5, 0.6) is 5.75 Å². The van der Waals surface area contributed by atoms with Crippen molar-refractivity contribution in [2.45, 2.75) is 6.92 Å². The number of carbonyl (C=O) groups excluding carboxylic acids is 1. The molecule has 1 fully saturated rings. The van der Waals surface area contributed by atoms with E-state index in [9.17, 15) is 9.18 Å². The molecule has 1 aliphatic heterocycles. The minimum atomic E-state index is -0.280. The molecule has 0 atom stereocenters. The number of para-hydroxylation sites is 1. The molecule has 172 valence electrons. The molecule has 34 heavy (non-hydrogen) atoms. The lowest BCUT2D eigenvalue weighted by Crippen LogP contribution is -2.48. The second kappa shape index (κ2) is 9.14. The molecule has 0 unspecified atom stereocenters. The van der Waals surface area contributed by atoms with E-state index in [1.165, 1.54) is 12.1 Å². The fraction of sp³-hybridized carbons (Fsp3) is 0.214. The van der Waals surface area contributed by atoms with Gasteiger partial charge >= 0.3 is 0 Å². The van der Waals surface area contributed by atoms with Crippen molar-refractivity contribution < 1.29 is 13.9 Å². The maximum absolute atomic E-state index is 13.6. The van der Waals surface area contributed by atoms with Crippen molar-refractivity contribution in [1.82, 2.24) is 9.88 Å². The predicted octanol–water partition coefficient (Wildman–Crippen LogP) is 5.32. The SMILES string of the molecule is COc1cccc(N2CCN(C(=O)c3cc(C)nc4c(-c5ccc(F)cc5)cccc34)CC2)c1. The van der Waals surface area contributed by atoms with Gasteiger partial charge in [0.15, 0.2) is 0 Å². The number of fused-ring (bicyclic) bond motifs is 1. The van der Waals surface area contributed by atoms with Crippen molar-refractivity contribution in [3.05, 3.63) is 89.9 Å². The smallest absolute Gasteiger partial charge is 0.254 e. The second-order valence-electron chi connectivity index (χ2n) is 8.50. The third-order valence-corrected chi connectivity index (χ3v) is 6.34. The normalized spacial score (nSPS) is 13.9. The Morgan fingerprint density at radius 1 is 0.941 bits per heavy atom. The number of benzene rings is 3. The molecular weight excluding hydrogens is 429 g/mol. The number of hydrogen-bond donors (Lipinski definition) is 0. The van der Waals surface area contributed by atoms with Crippen LogP contribution in [0.1, 0.15) is 16.1 Å². The Kier molecular flexibility index (Phi) is 5.88. The second-order valence-corrected chi connectivity index (χ2v) is 8.50. The quantitative estimate of drug-likeness (QED) is 0.418. The number of rotatable bonds is 4. The van der Waals surface area contributed by atoms with Gasteiger partial charge in [0.05, 0.1) is 18.2 Å². The molecule has 5 rings (SSSR count). The van der Waals surface area contributed by atoms with Gasteiger partial charge in [-0.05, 0) is 42.8 Å². The van der Waals surface area contributed by atoms with Gasteiger partial charge in [-0.2, -0.15) is 0 Å². The molecule has 1 aromatic heterocycles. The molecule has 0 bridgehead atoms. The van der Waals surface area contributed by atoms with Crippen LogP contribution in [0.3, 0.4) is 0 Å². The van der Waals surface area contributed by atoms with Crippen molar-refractivity contribution in [2.24, 2.45) is 0 Å². The maximum Gasteiger partial charge on any atom is 0.254 e. The Bertz CT molecular complexity index is 1350. The number of ether oxygens (including phenoxy) is 1. The Hall–Kier alpha value is -3.93. The average Bonchev–Trinajstić information content (AvgIpc) is 2.88. The number of anilines is 1. The third kappa shape index (κ3) is 4.19. The molecule has 2 heterocycles. The zero-order valence-electron chi connectivity index (χ0n) is 19.3. The molecule has 1 saturated heterocycles. The number of nitrogens with zero attached hydrogens (tertiary/aromatic N) is 3. The van der Waals surface area contributed by atoms with Crippen LogP contribution in [0, 0.1) is 12.7 Å². The number of piperazine rings is 1. The molecule has 3 aromatic carbocycles. The third-order valence-electron chi connectivity index (χ3n) is 6.34. The highest BCUT2D eigenvalue weighted by atomic mass is 19.1. The first-order valence-corrected chi connectivity index (χ1v) is 11.4. The summed E-state index contributed by atoms with van der Waals surface area (Å²) < 4.78 is 18.8. The van der Waals surface area contributed by atoms with Crippen LogP contribution in [0.15, 0.2) is 72.8 Å². The van der Waals surface area contributed by atoms with Crippen LogP contribution in [-0.4, -0.2) is 49.1 Å².